The van der Waals surface area contributed by atoms with Crippen molar-refractivity contribution in [3.8, 4) is 0 Å². The third kappa shape index (κ3) is 3.81. The summed E-state index contributed by atoms with van der Waals surface area (Å²) in [6.07, 6.45) is 6.56. The number of nitrogens with one attached hydrogen (secondary N) is 2. The number of nitrogens with zero attached hydrogens (tertiary/aromatic N) is 4. The molecule has 0 aliphatic heterocycles. The van der Waals surface area contributed by atoms with Crippen molar-refractivity contribution in [3.63, 3.8) is 0 Å². The normalized spacial score (nSPS) is 20.6. The maximum Gasteiger partial charge on any atom is 0.228 e. The zero-order chi connectivity index (χ0) is 17.1. The first-order valence-electron chi connectivity index (χ1n) is 8.12. The second-order valence-electron chi connectivity index (χ2n) is 6.29. The molecule has 2 N–H and O–H groups in total. The molecule has 1 fully saturated rings. The van der Waals surface area contributed by atoms with Crippen LogP contribution in [0.1, 0.15) is 25.7 Å². The molecule has 2 heterocycles. The van der Waals surface area contributed by atoms with Gasteiger partial charge in [0.05, 0.1) is 0 Å². The SMILES string of the molecule is Cn1ccc(NC(=O)[C@@H]2CCC[C@@H](C(=O)Nc3ccn(C)n3)C2)n1. The van der Waals surface area contributed by atoms with Gasteiger partial charge in [0, 0.05) is 50.5 Å². The van der Waals surface area contributed by atoms with Gasteiger partial charge in [-0.25, -0.2) is 0 Å². The lowest BCUT2D eigenvalue weighted by Gasteiger charge is -2.27. The maximum atomic E-state index is 12.4. The number of carbonyl (C=O) groups excluding carboxylic acids is 2. The summed E-state index contributed by atoms with van der Waals surface area (Å²) < 4.78 is 3.28. The fourth-order valence-corrected chi connectivity index (χ4v) is 3.09. The van der Waals surface area contributed by atoms with E-state index in [2.05, 4.69) is 20.8 Å². The van der Waals surface area contributed by atoms with E-state index in [4.69, 9.17) is 0 Å². The molecule has 1 aliphatic rings. The Labute approximate surface area is 140 Å². The molecular weight excluding hydrogens is 308 g/mol. The first-order chi connectivity index (χ1) is 11.5. The van der Waals surface area contributed by atoms with Crippen LogP contribution in [-0.4, -0.2) is 31.4 Å². The Kier molecular flexibility index (Phi) is 4.64. The van der Waals surface area contributed by atoms with Crippen LogP contribution >= 0.6 is 0 Å². The number of anilines is 2. The van der Waals surface area contributed by atoms with Crippen molar-refractivity contribution in [2.45, 2.75) is 25.7 Å². The highest BCUT2D eigenvalue weighted by atomic mass is 16.2. The molecule has 1 aliphatic carbocycles. The van der Waals surface area contributed by atoms with Gasteiger partial charge < -0.3 is 10.6 Å². The highest BCUT2D eigenvalue weighted by Gasteiger charge is 2.31. The minimum atomic E-state index is -0.166. The van der Waals surface area contributed by atoms with E-state index in [0.717, 1.165) is 19.3 Å². The molecule has 0 unspecified atom stereocenters. The number of aryl methyl sites for hydroxylation is 2. The van der Waals surface area contributed by atoms with Crippen molar-refractivity contribution in [1.29, 1.82) is 0 Å². The second kappa shape index (κ2) is 6.86. The van der Waals surface area contributed by atoms with E-state index in [-0.39, 0.29) is 23.7 Å². The number of hydrogen-bond donors (Lipinski definition) is 2. The predicted octanol–water partition coefficient (Wildman–Crippen LogP) is 1.54. The fraction of sp³-hybridized carbons (Fsp3) is 0.500. The van der Waals surface area contributed by atoms with E-state index >= 15 is 0 Å². The van der Waals surface area contributed by atoms with Crippen LogP contribution in [0, 0.1) is 11.8 Å². The summed E-state index contributed by atoms with van der Waals surface area (Å²) in [4.78, 5) is 24.8. The molecule has 0 aromatic carbocycles. The molecule has 2 aromatic heterocycles. The Bertz CT molecular complexity index is 674. The van der Waals surface area contributed by atoms with Crippen LogP contribution < -0.4 is 10.6 Å². The van der Waals surface area contributed by atoms with E-state index in [1.165, 1.54) is 0 Å². The first kappa shape index (κ1) is 16.2. The number of carbonyl (C=O) groups is 2. The van der Waals surface area contributed by atoms with Gasteiger partial charge in [-0.05, 0) is 19.3 Å². The topological polar surface area (TPSA) is 93.8 Å². The zero-order valence-corrected chi connectivity index (χ0v) is 13.9. The lowest BCUT2D eigenvalue weighted by molar-refractivity contribution is -0.124. The zero-order valence-electron chi connectivity index (χ0n) is 13.9. The highest BCUT2D eigenvalue weighted by Crippen LogP contribution is 2.30. The third-order valence-corrected chi connectivity index (χ3v) is 4.35. The van der Waals surface area contributed by atoms with Gasteiger partial charge in [0.1, 0.15) is 0 Å². The van der Waals surface area contributed by atoms with Crippen LogP contribution in [0.2, 0.25) is 0 Å². The molecule has 8 nitrogen and oxygen atoms in total. The average molecular weight is 330 g/mol. The third-order valence-electron chi connectivity index (χ3n) is 4.35. The lowest BCUT2D eigenvalue weighted by Crippen LogP contribution is -2.33. The van der Waals surface area contributed by atoms with Crippen molar-refractivity contribution in [3.05, 3.63) is 24.5 Å². The summed E-state index contributed by atoms with van der Waals surface area (Å²) in [5.41, 5.74) is 0. The van der Waals surface area contributed by atoms with Crippen molar-refractivity contribution in [2.24, 2.45) is 25.9 Å². The summed E-state index contributed by atoms with van der Waals surface area (Å²) in [5, 5.41) is 14.0. The van der Waals surface area contributed by atoms with Gasteiger partial charge in [0.15, 0.2) is 11.6 Å². The minimum Gasteiger partial charge on any atom is -0.309 e. The van der Waals surface area contributed by atoms with Crippen LogP contribution in [0.5, 0.6) is 0 Å². The number of amides is 2. The molecule has 3 rings (SSSR count). The molecule has 2 amide bonds. The molecule has 2 atom stereocenters. The van der Waals surface area contributed by atoms with Gasteiger partial charge in [-0.2, -0.15) is 10.2 Å². The van der Waals surface area contributed by atoms with Crippen LogP contribution in [0.4, 0.5) is 11.6 Å². The Morgan fingerprint density at radius 3 is 1.79 bits per heavy atom. The van der Waals surface area contributed by atoms with Gasteiger partial charge in [-0.1, -0.05) is 6.42 Å². The molecule has 0 saturated heterocycles. The Hall–Kier alpha value is -2.64. The van der Waals surface area contributed by atoms with Crippen molar-refractivity contribution < 1.29 is 9.59 Å². The van der Waals surface area contributed by atoms with E-state index in [9.17, 15) is 9.59 Å². The van der Waals surface area contributed by atoms with E-state index in [1.807, 2.05) is 0 Å². The number of rotatable bonds is 4. The molecule has 2 aromatic rings. The summed E-state index contributed by atoms with van der Waals surface area (Å²) in [5.74, 6) is 0.624. The van der Waals surface area contributed by atoms with Crippen LogP contribution in [-0.2, 0) is 23.7 Å². The number of hydrogen-bond acceptors (Lipinski definition) is 4. The Morgan fingerprint density at radius 2 is 1.42 bits per heavy atom. The summed E-state index contributed by atoms with van der Waals surface area (Å²) >= 11 is 0. The highest BCUT2D eigenvalue weighted by molar-refractivity contribution is 5.94. The largest absolute Gasteiger partial charge is 0.309 e. The van der Waals surface area contributed by atoms with Gasteiger partial charge in [-0.3, -0.25) is 19.0 Å². The van der Waals surface area contributed by atoms with Crippen molar-refractivity contribution in [1.82, 2.24) is 19.6 Å². The molecule has 24 heavy (non-hydrogen) atoms. The average Bonchev–Trinajstić information content (AvgIpc) is 3.15. The van der Waals surface area contributed by atoms with Gasteiger partial charge in [-0.15, -0.1) is 0 Å². The van der Waals surface area contributed by atoms with E-state index in [0.29, 0.717) is 18.1 Å². The Balaban J connectivity index is 1.57. The molecule has 8 heteroatoms. The molecule has 0 bridgehead atoms. The molecular formula is C16H22N6O2. The molecule has 128 valence electrons. The monoisotopic (exact) mass is 330 g/mol. The molecule has 0 spiro atoms. The van der Waals surface area contributed by atoms with E-state index in [1.54, 1.807) is 48.0 Å². The van der Waals surface area contributed by atoms with Gasteiger partial charge in [0.25, 0.3) is 0 Å². The lowest BCUT2D eigenvalue weighted by atomic mass is 9.80. The van der Waals surface area contributed by atoms with Gasteiger partial charge >= 0.3 is 0 Å². The van der Waals surface area contributed by atoms with E-state index < -0.39 is 0 Å². The maximum absolute atomic E-state index is 12.4. The summed E-state index contributed by atoms with van der Waals surface area (Å²) in [7, 11) is 3.60. The van der Waals surface area contributed by atoms with Crippen LogP contribution in [0.3, 0.4) is 0 Å². The molecule has 0 radical (unpaired) electrons. The predicted molar refractivity (Wildman–Crippen MR) is 89.1 cm³/mol. The van der Waals surface area contributed by atoms with Crippen LogP contribution in [0.15, 0.2) is 24.5 Å². The number of aromatic nitrogens is 4. The Morgan fingerprint density at radius 1 is 0.958 bits per heavy atom. The first-order valence-corrected chi connectivity index (χ1v) is 8.12. The second-order valence-corrected chi connectivity index (χ2v) is 6.29. The molecule has 1 saturated carbocycles. The van der Waals surface area contributed by atoms with Crippen molar-refractivity contribution in [2.75, 3.05) is 10.6 Å². The summed E-state index contributed by atoms with van der Waals surface area (Å²) in [6.45, 7) is 0. The van der Waals surface area contributed by atoms with Gasteiger partial charge in [0.2, 0.25) is 11.8 Å². The smallest absolute Gasteiger partial charge is 0.228 e. The van der Waals surface area contributed by atoms with Crippen molar-refractivity contribution >= 4 is 23.5 Å². The standard InChI is InChI=1S/C16H22N6O2/c1-21-8-6-13(19-21)17-15(23)11-4-3-5-12(10-11)16(24)18-14-7-9-22(2)20-14/h6-9,11-12H,3-5,10H2,1-2H3,(H,17,19,23)(H,18,20,24)/t11-,12-/m1/s1. The van der Waals surface area contributed by atoms with Crippen LogP contribution in [0.25, 0.3) is 0 Å². The quantitative estimate of drug-likeness (QED) is 0.889. The fourth-order valence-electron chi connectivity index (χ4n) is 3.09. The minimum absolute atomic E-state index is 0.0657. The summed E-state index contributed by atoms with van der Waals surface area (Å²) in [6, 6.07) is 3.51.